The molecule has 1 amide bonds. The summed E-state index contributed by atoms with van der Waals surface area (Å²) in [6.07, 6.45) is -0.850. The van der Waals surface area contributed by atoms with Crippen molar-refractivity contribution in [2.45, 2.75) is 19.1 Å². The smallest absolute Gasteiger partial charge is 0.342 e. The molecule has 5 rings (SSSR count). The van der Waals surface area contributed by atoms with Gasteiger partial charge in [-0.15, -0.1) is 11.3 Å². The molecule has 0 bridgehead atoms. The van der Waals surface area contributed by atoms with Gasteiger partial charge in [-0.2, -0.15) is 18.3 Å². The molecular formula is C28H21BrF3N5OS. The van der Waals surface area contributed by atoms with E-state index >= 15 is 0 Å². The molecule has 0 aliphatic carbocycles. The molecule has 2 heterocycles. The number of hydrazone groups is 1. The van der Waals surface area contributed by atoms with Gasteiger partial charge in [-0.25, -0.2) is 10.4 Å². The summed E-state index contributed by atoms with van der Waals surface area (Å²) in [5, 5.41) is 10.1. The second-order valence-corrected chi connectivity index (χ2v) is 10.4. The fourth-order valence-electron chi connectivity index (χ4n) is 4.02. The lowest BCUT2D eigenvalue weighted by Gasteiger charge is -2.08. The van der Waals surface area contributed by atoms with Gasteiger partial charge in [0.25, 0.3) is 0 Å². The fourth-order valence-corrected chi connectivity index (χ4v) is 5.01. The van der Waals surface area contributed by atoms with E-state index in [0.717, 1.165) is 38.6 Å². The van der Waals surface area contributed by atoms with Gasteiger partial charge in [-0.05, 0) is 42.0 Å². The van der Waals surface area contributed by atoms with Crippen molar-refractivity contribution in [1.29, 1.82) is 0 Å². The van der Waals surface area contributed by atoms with Crippen LogP contribution in [0, 0.1) is 0 Å². The van der Waals surface area contributed by atoms with Crippen molar-refractivity contribution >= 4 is 61.1 Å². The SMILES string of the molecule is O=C(Cc1csc(Nc2cccc(C(F)(F)F)c2)n1)N/N=C\c1cn(Cc2ccc(Br)cc2)c2ccccc12. The Bertz CT molecular complexity index is 1640. The Morgan fingerprint density at radius 2 is 1.87 bits per heavy atom. The number of anilines is 2. The maximum absolute atomic E-state index is 12.9. The van der Waals surface area contributed by atoms with Crippen molar-refractivity contribution in [2.75, 3.05) is 5.32 Å². The number of hydrogen-bond acceptors (Lipinski definition) is 5. The van der Waals surface area contributed by atoms with E-state index in [-0.39, 0.29) is 18.0 Å². The Labute approximate surface area is 234 Å². The van der Waals surface area contributed by atoms with Crippen LogP contribution >= 0.6 is 27.3 Å². The molecule has 0 spiro atoms. The Morgan fingerprint density at radius 3 is 2.67 bits per heavy atom. The molecule has 0 fully saturated rings. The average molecular weight is 612 g/mol. The van der Waals surface area contributed by atoms with Crippen molar-refractivity contribution in [1.82, 2.24) is 15.0 Å². The maximum Gasteiger partial charge on any atom is 0.416 e. The molecule has 11 heteroatoms. The summed E-state index contributed by atoms with van der Waals surface area (Å²) in [5.74, 6) is -0.360. The summed E-state index contributed by atoms with van der Waals surface area (Å²) in [4.78, 5) is 16.7. The average Bonchev–Trinajstić information content (AvgIpc) is 3.49. The minimum atomic E-state index is -4.43. The molecule has 2 N–H and O–H groups in total. The largest absolute Gasteiger partial charge is 0.416 e. The van der Waals surface area contributed by atoms with Crippen LogP contribution in [0.15, 0.2) is 93.9 Å². The molecule has 0 aliphatic rings. The number of benzene rings is 3. The Morgan fingerprint density at radius 1 is 1.08 bits per heavy atom. The molecule has 0 radical (unpaired) electrons. The third-order valence-electron chi connectivity index (χ3n) is 5.81. The zero-order valence-electron chi connectivity index (χ0n) is 20.2. The normalized spacial score (nSPS) is 11.8. The molecule has 5 aromatic rings. The second-order valence-electron chi connectivity index (χ2n) is 8.67. The first kappa shape index (κ1) is 26.6. The zero-order valence-corrected chi connectivity index (χ0v) is 22.6. The summed E-state index contributed by atoms with van der Waals surface area (Å²) >= 11 is 4.66. The quantitative estimate of drug-likeness (QED) is 0.142. The van der Waals surface area contributed by atoms with E-state index in [1.165, 1.54) is 23.5 Å². The van der Waals surface area contributed by atoms with Gasteiger partial charge >= 0.3 is 6.18 Å². The van der Waals surface area contributed by atoms with Crippen LogP contribution in [0.2, 0.25) is 0 Å². The first-order chi connectivity index (χ1) is 18.7. The molecule has 2 aromatic heterocycles. The number of thiazole rings is 1. The number of para-hydroxylation sites is 1. The van der Waals surface area contributed by atoms with Gasteiger partial charge in [0.05, 0.1) is 23.9 Å². The van der Waals surface area contributed by atoms with Gasteiger partial charge in [-0.1, -0.05) is 52.3 Å². The van der Waals surface area contributed by atoms with E-state index in [0.29, 0.717) is 17.4 Å². The van der Waals surface area contributed by atoms with E-state index in [4.69, 9.17) is 0 Å². The first-order valence-corrected chi connectivity index (χ1v) is 13.4. The number of hydrogen-bond donors (Lipinski definition) is 2. The number of aromatic nitrogens is 2. The number of halogens is 4. The number of fused-ring (bicyclic) bond motifs is 1. The van der Waals surface area contributed by atoms with Gasteiger partial charge in [0.1, 0.15) is 0 Å². The van der Waals surface area contributed by atoms with Crippen molar-refractivity contribution in [2.24, 2.45) is 5.10 Å². The highest BCUT2D eigenvalue weighted by molar-refractivity contribution is 9.10. The Hall–Kier alpha value is -3.96. The van der Waals surface area contributed by atoms with Crippen molar-refractivity contribution in [3.8, 4) is 0 Å². The van der Waals surface area contributed by atoms with Crippen LogP contribution in [0.3, 0.4) is 0 Å². The first-order valence-electron chi connectivity index (χ1n) is 11.8. The number of nitrogens with one attached hydrogen (secondary N) is 2. The number of alkyl halides is 3. The molecular weight excluding hydrogens is 591 g/mol. The minimum absolute atomic E-state index is 0.0244. The summed E-state index contributed by atoms with van der Waals surface area (Å²) in [7, 11) is 0. The van der Waals surface area contributed by atoms with Gasteiger partial charge in [0, 0.05) is 44.7 Å². The lowest BCUT2D eigenvalue weighted by Crippen LogP contribution is -2.19. The molecule has 0 unspecified atom stereocenters. The van der Waals surface area contributed by atoms with Crippen LogP contribution in [0.1, 0.15) is 22.4 Å². The van der Waals surface area contributed by atoms with Crippen LogP contribution in [-0.4, -0.2) is 21.7 Å². The highest BCUT2D eigenvalue weighted by Gasteiger charge is 2.30. The van der Waals surface area contributed by atoms with Gasteiger partial charge < -0.3 is 9.88 Å². The van der Waals surface area contributed by atoms with E-state index in [9.17, 15) is 18.0 Å². The predicted molar refractivity (Wildman–Crippen MR) is 151 cm³/mol. The number of carbonyl (C=O) groups excluding carboxylic acids is 1. The fraction of sp³-hybridized carbons (Fsp3) is 0.107. The predicted octanol–water partition coefficient (Wildman–Crippen LogP) is 7.36. The van der Waals surface area contributed by atoms with Gasteiger partial charge in [0.2, 0.25) is 5.91 Å². The number of amides is 1. The van der Waals surface area contributed by atoms with Crippen molar-refractivity contribution in [3.05, 3.63) is 111 Å². The third kappa shape index (κ3) is 6.73. The molecule has 39 heavy (non-hydrogen) atoms. The zero-order chi connectivity index (χ0) is 27.4. The van der Waals surface area contributed by atoms with E-state index in [2.05, 4.69) is 53.5 Å². The molecule has 6 nitrogen and oxygen atoms in total. The van der Waals surface area contributed by atoms with E-state index in [1.807, 2.05) is 42.6 Å². The highest BCUT2D eigenvalue weighted by Crippen LogP contribution is 2.32. The third-order valence-corrected chi connectivity index (χ3v) is 7.15. The summed E-state index contributed by atoms with van der Waals surface area (Å²) in [6.45, 7) is 0.689. The number of rotatable bonds is 8. The maximum atomic E-state index is 12.9. The highest BCUT2D eigenvalue weighted by atomic mass is 79.9. The van der Waals surface area contributed by atoms with Crippen LogP contribution in [0.4, 0.5) is 24.0 Å². The van der Waals surface area contributed by atoms with Crippen molar-refractivity contribution in [3.63, 3.8) is 0 Å². The summed E-state index contributed by atoms with van der Waals surface area (Å²) in [6, 6.07) is 21.0. The monoisotopic (exact) mass is 611 g/mol. The molecule has 198 valence electrons. The van der Waals surface area contributed by atoms with E-state index in [1.54, 1.807) is 11.6 Å². The molecule has 0 atom stereocenters. The lowest BCUT2D eigenvalue weighted by molar-refractivity contribution is -0.137. The van der Waals surface area contributed by atoms with Crippen molar-refractivity contribution < 1.29 is 18.0 Å². The van der Waals surface area contributed by atoms with Crippen LogP contribution in [0.5, 0.6) is 0 Å². The standard InChI is InChI=1S/C28H21BrF3N5OS/c29-21-10-8-18(9-11-21)15-37-16-19(24-6-1-2-7-25(24)37)14-33-36-26(38)13-23-17-39-27(35-23)34-22-5-3-4-20(12-22)28(30,31)32/h1-12,14,16-17H,13,15H2,(H,34,35)(H,36,38)/b33-14-. The molecule has 0 aliphatic heterocycles. The Balaban J connectivity index is 1.21. The van der Waals surface area contributed by atoms with Crippen LogP contribution < -0.4 is 10.7 Å². The minimum Gasteiger partial charge on any atom is -0.342 e. The van der Waals surface area contributed by atoms with Gasteiger partial charge in [-0.3, -0.25) is 4.79 Å². The summed E-state index contributed by atoms with van der Waals surface area (Å²) in [5.41, 5.74) is 5.59. The number of carbonyl (C=O) groups is 1. The molecule has 3 aromatic carbocycles. The molecule has 0 saturated heterocycles. The topological polar surface area (TPSA) is 71.3 Å². The number of nitrogens with zero attached hydrogens (tertiary/aromatic N) is 3. The molecule has 0 saturated carbocycles. The lowest BCUT2D eigenvalue weighted by atomic mass is 10.2. The van der Waals surface area contributed by atoms with Gasteiger partial charge in [0.15, 0.2) is 5.13 Å². The summed E-state index contributed by atoms with van der Waals surface area (Å²) < 4.78 is 42.0. The van der Waals surface area contributed by atoms with Crippen LogP contribution in [-0.2, 0) is 23.9 Å². The Kier molecular flexibility index (Phi) is 7.80. The van der Waals surface area contributed by atoms with Crippen LogP contribution in [0.25, 0.3) is 10.9 Å². The second kappa shape index (κ2) is 11.4. The van der Waals surface area contributed by atoms with E-state index < -0.39 is 11.7 Å².